The van der Waals surface area contributed by atoms with Crippen LogP contribution < -0.4 is 0 Å². The third-order valence-electron chi connectivity index (χ3n) is 8.27. The van der Waals surface area contributed by atoms with Gasteiger partial charge in [0.1, 0.15) is 0 Å². The lowest BCUT2D eigenvalue weighted by atomic mass is 10.0. The summed E-state index contributed by atoms with van der Waals surface area (Å²) in [5.74, 6) is 0.819. The van der Waals surface area contributed by atoms with Gasteiger partial charge in [0.15, 0.2) is 17.5 Å². The van der Waals surface area contributed by atoms with E-state index in [1.807, 2.05) is 84.9 Å². The van der Waals surface area contributed by atoms with Crippen molar-refractivity contribution >= 4 is 21.8 Å². The van der Waals surface area contributed by atoms with Gasteiger partial charge in [-0.25, -0.2) is 15.0 Å². The van der Waals surface area contributed by atoms with E-state index in [4.69, 9.17) is 30.0 Å². The maximum atomic E-state index is 9.06. The van der Waals surface area contributed by atoms with Crippen LogP contribution in [0.1, 0.15) is 15.1 Å². The van der Waals surface area contributed by atoms with Crippen LogP contribution in [0, 0.1) is 0 Å². The van der Waals surface area contributed by atoms with Crippen molar-refractivity contribution in [3.05, 3.63) is 182 Å². The maximum Gasteiger partial charge on any atom is 0.164 e. The lowest BCUT2D eigenvalue weighted by Gasteiger charge is -2.14. The van der Waals surface area contributed by atoms with Crippen LogP contribution in [0.3, 0.4) is 0 Å². The molecule has 4 heteroatoms. The molecule has 4 nitrogen and oxygen atoms in total. The van der Waals surface area contributed by atoms with Crippen LogP contribution >= 0.6 is 0 Å². The van der Waals surface area contributed by atoms with Gasteiger partial charge in [0, 0.05) is 33.2 Å². The maximum absolute atomic E-state index is 9.06. The fourth-order valence-electron chi connectivity index (χ4n) is 5.97. The van der Waals surface area contributed by atoms with E-state index in [9.17, 15) is 0 Å². The summed E-state index contributed by atoms with van der Waals surface area (Å²) in [6.45, 7) is 0. The average Bonchev–Trinajstić information content (AvgIpc) is 3.65. The van der Waals surface area contributed by atoms with Crippen molar-refractivity contribution in [3.8, 4) is 62.1 Å². The lowest BCUT2D eigenvalue weighted by molar-refractivity contribution is 1.07. The standard InChI is InChI=1S/C45H30N4/c1-4-14-31(15-5-1)33-24-26-35(27-25-33)44-46-43(34-18-8-3-9-19-34)47-45(48-44)37-28-36(32-16-6-2-7-17-32)29-38(30-37)49-41-22-12-10-20-39(41)40-21-11-13-23-42(40)49/h1-30H/i2D,6D,7D,10D,11D,16D,17D,20D,21D,22D,23D. The molecular formula is C45H30N4. The molecule has 2 heterocycles. The van der Waals surface area contributed by atoms with Gasteiger partial charge in [-0.15, -0.1) is 0 Å². The topological polar surface area (TPSA) is 43.6 Å². The normalized spacial score (nSPS) is 14.4. The zero-order chi connectivity index (χ0) is 42.1. The first kappa shape index (κ1) is 19.2. The van der Waals surface area contributed by atoms with Gasteiger partial charge >= 0.3 is 0 Å². The highest BCUT2D eigenvalue weighted by Gasteiger charge is 2.17. The Morgan fingerprint density at radius 1 is 0.367 bits per heavy atom. The van der Waals surface area contributed by atoms with Crippen LogP contribution in [-0.2, 0) is 0 Å². The van der Waals surface area contributed by atoms with Gasteiger partial charge in [0.2, 0.25) is 0 Å². The number of aromatic nitrogens is 4. The number of benzene rings is 7. The lowest BCUT2D eigenvalue weighted by Crippen LogP contribution is -2.02. The monoisotopic (exact) mass is 637 g/mol. The van der Waals surface area contributed by atoms with Gasteiger partial charge in [-0.3, -0.25) is 0 Å². The third-order valence-corrected chi connectivity index (χ3v) is 8.27. The molecule has 0 amide bonds. The van der Waals surface area contributed by atoms with Gasteiger partial charge < -0.3 is 4.57 Å². The highest BCUT2D eigenvalue weighted by molar-refractivity contribution is 6.09. The number of fused-ring (bicyclic) bond motifs is 3. The van der Waals surface area contributed by atoms with Gasteiger partial charge in [-0.05, 0) is 52.5 Å². The zero-order valence-electron chi connectivity index (χ0n) is 36.8. The van der Waals surface area contributed by atoms with E-state index in [1.165, 1.54) is 16.7 Å². The van der Waals surface area contributed by atoms with Crippen molar-refractivity contribution in [1.82, 2.24) is 19.5 Å². The summed E-state index contributed by atoms with van der Waals surface area (Å²) in [4.78, 5) is 14.7. The molecular weight excluding hydrogens is 597 g/mol. The third kappa shape index (κ3) is 5.35. The minimum absolute atomic E-state index is 0.0395. The SMILES string of the molecule is [2H]c1cc([2H])c2c(c1[2H])c1c([2H])c([2H])cc([2H])c1n2-c1cc(-c2nc(-c3ccccc3)nc(-c3ccc(-c4ccccc4)cc3)n2)cc(-c2c([2H])c([2H])c([2H])c([2H])c2[2H])c1. The van der Waals surface area contributed by atoms with E-state index in [0.717, 1.165) is 11.1 Å². The molecule has 0 aliphatic rings. The van der Waals surface area contributed by atoms with E-state index in [2.05, 4.69) is 0 Å². The summed E-state index contributed by atoms with van der Waals surface area (Å²) in [5, 5.41) is 0.0789. The Balaban J connectivity index is 1.38. The van der Waals surface area contributed by atoms with Gasteiger partial charge in [0.05, 0.1) is 26.1 Å². The average molecular weight is 638 g/mol. The second-order valence-corrected chi connectivity index (χ2v) is 11.3. The fourth-order valence-corrected chi connectivity index (χ4v) is 5.97. The first-order valence-electron chi connectivity index (χ1n) is 21.0. The highest BCUT2D eigenvalue weighted by atomic mass is 15.0. The number of para-hydroxylation sites is 2. The van der Waals surface area contributed by atoms with Gasteiger partial charge in [-0.1, -0.05) is 151 Å². The first-order chi connectivity index (χ1) is 28.8. The summed E-state index contributed by atoms with van der Waals surface area (Å²) >= 11 is 0. The van der Waals surface area contributed by atoms with Crippen molar-refractivity contribution in [3.63, 3.8) is 0 Å². The minimum atomic E-state index is -0.568. The Morgan fingerprint density at radius 2 is 0.857 bits per heavy atom. The van der Waals surface area contributed by atoms with Crippen LogP contribution in [0.4, 0.5) is 0 Å². The Labute approximate surface area is 300 Å². The van der Waals surface area contributed by atoms with Crippen molar-refractivity contribution in [2.24, 2.45) is 0 Å². The van der Waals surface area contributed by atoms with Crippen molar-refractivity contribution in [2.45, 2.75) is 0 Å². The van der Waals surface area contributed by atoms with Crippen LogP contribution in [-0.4, -0.2) is 19.5 Å². The van der Waals surface area contributed by atoms with Crippen LogP contribution in [0.15, 0.2) is 182 Å². The smallest absolute Gasteiger partial charge is 0.164 e. The van der Waals surface area contributed by atoms with Crippen molar-refractivity contribution in [2.75, 3.05) is 0 Å². The molecule has 0 fully saturated rings. The zero-order valence-corrected chi connectivity index (χ0v) is 25.8. The van der Waals surface area contributed by atoms with Crippen LogP contribution in [0.5, 0.6) is 0 Å². The van der Waals surface area contributed by atoms with E-state index >= 15 is 0 Å². The summed E-state index contributed by atoms with van der Waals surface area (Å²) in [7, 11) is 0. The molecule has 0 N–H and O–H groups in total. The second kappa shape index (κ2) is 12.2. The van der Waals surface area contributed by atoms with Crippen molar-refractivity contribution in [1.29, 1.82) is 0 Å². The molecule has 49 heavy (non-hydrogen) atoms. The summed E-state index contributed by atoms with van der Waals surface area (Å²) < 4.78 is 97.5. The molecule has 0 spiro atoms. The molecule has 0 bridgehead atoms. The Kier molecular flexibility index (Phi) is 4.78. The molecule has 230 valence electrons. The quantitative estimate of drug-likeness (QED) is 0.182. The van der Waals surface area contributed by atoms with Crippen LogP contribution in [0.2, 0.25) is 0 Å². The summed E-state index contributed by atoms with van der Waals surface area (Å²) in [5.41, 5.74) is 4.14. The van der Waals surface area contributed by atoms with Crippen LogP contribution in [0.25, 0.3) is 83.9 Å². The molecule has 0 saturated carbocycles. The largest absolute Gasteiger partial charge is 0.309 e. The molecule has 9 aromatic rings. The number of rotatable bonds is 6. The molecule has 7 aromatic carbocycles. The van der Waals surface area contributed by atoms with E-state index in [0.29, 0.717) is 28.3 Å². The minimum Gasteiger partial charge on any atom is -0.309 e. The Morgan fingerprint density at radius 3 is 1.47 bits per heavy atom. The highest BCUT2D eigenvalue weighted by Crippen LogP contribution is 2.36. The second-order valence-electron chi connectivity index (χ2n) is 11.3. The van der Waals surface area contributed by atoms with Gasteiger partial charge in [0.25, 0.3) is 0 Å². The molecule has 0 aliphatic heterocycles. The Hall–Kier alpha value is -6.65. The predicted molar refractivity (Wildman–Crippen MR) is 201 cm³/mol. The van der Waals surface area contributed by atoms with E-state index in [-0.39, 0.29) is 80.7 Å². The van der Waals surface area contributed by atoms with Crippen molar-refractivity contribution < 1.29 is 15.1 Å². The molecule has 0 unspecified atom stereocenters. The number of nitrogens with zero attached hydrogens (tertiary/aromatic N) is 4. The summed E-state index contributed by atoms with van der Waals surface area (Å²) in [6.07, 6.45) is 0. The number of hydrogen-bond donors (Lipinski definition) is 0. The molecule has 0 aliphatic carbocycles. The van der Waals surface area contributed by atoms with E-state index < -0.39 is 30.2 Å². The molecule has 0 radical (unpaired) electrons. The number of hydrogen-bond acceptors (Lipinski definition) is 3. The van der Waals surface area contributed by atoms with Gasteiger partial charge in [-0.2, -0.15) is 0 Å². The first-order valence-corrected chi connectivity index (χ1v) is 15.5. The Bertz CT molecular complexity index is 3110. The molecule has 9 rings (SSSR count). The summed E-state index contributed by atoms with van der Waals surface area (Å²) in [6, 6.07) is 30.1. The molecule has 0 saturated heterocycles. The predicted octanol–water partition coefficient (Wildman–Crippen LogP) is 11.3. The molecule has 0 atom stereocenters. The molecule has 2 aromatic heterocycles. The van der Waals surface area contributed by atoms with E-state index in [1.54, 1.807) is 18.2 Å². The fraction of sp³-hybridized carbons (Fsp3) is 0.